The second kappa shape index (κ2) is 32.8. The highest BCUT2D eigenvalue weighted by Crippen LogP contribution is 2.19. The van der Waals surface area contributed by atoms with E-state index in [1.807, 2.05) is 48.5 Å². The zero-order valence-electron chi connectivity index (χ0n) is 36.3. The predicted molar refractivity (Wildman–Crippen MR) is 229 cm³/mol. The number of likely N-dealkylation sites (N-methyl/N-ethyl adjacent to an activating group) is 2. The summed E-state index contributed by atoms with van der Waals surface area (Å²) < 4.78 is 13.1. The van der Waals surface area contributed by atoms with Crippen molar-refractivity contribution in [1.82, 2.24) is 0 Å². The first-order valence-electron chi connectivity index (χ1n) is 21.7. The Balaban J connectivity index is 0.0000151. The number of halogens is 2. The number of unbranched alkanes of at least 4 members (excludes halogenated alkanes) is 17. The molecular weight excluding hydrogens is 832 g/mol. The van der Waals surface area contributed by atoms with Crippen molar-refractivity contribution in [2.45, 2.75) is 142 Å². The Morgan fingerprint density at radius 2 is 0.732 bits per heavy atom. The van der Waals surface area contributed by atoms with Gasteiger partial charge in [-0.2, -0.15) is 0 Å². The normalized spacial score (nSPS) is 11.3. The summed E-state index contributed by atoms with van der Waals surface area (Å²) in [5.41, 5.74) is 1.61. The number of nitrogens with zero attached hydrogens (tertiary/aromatic N) is 2. The van der Waals surface area contributed by atoms with Crippen molar-refractivity contribution in [1.29, 1.82) is 0 Å². The third-order valence-corrected chi connectivity index (χ3v) is 10.2. The van der Waals surface area contributed by atoms with Gasteiger partial charge in [-0.15, -0.1) is 0 Å². The molecule has 0 aliphatic carbocycles. The second-order valence-corrected chi connectivity index (χ2v) is 16.8. The molecule has 0 heterocycles. The molecule has 0 bridgehead atoms. The molecule has 0 aromatic heterocycles. The number of ether oxygens (including phenoxy) is 2. The largest absolute Gasteiger partial charge is 1.00 e. The van der Waals surface area contributed by atoms with E-state index >= 15 is 0 Å². The molecule has 2 amide bonds. The van der Waals surface area contributed by atoms with Crippen molar-refractivity contribution < 1.29 is 62.0 Å². The minimum Gasteiger partial charge on any atom is -1.00 e. The van der Waals surface area contributed by atoms with Crippen LogP contribution in [-0.4, -0.2) is 88.4 Å². The van der Waals surface area contributed by atoms with Gasteiger partial charge in [-0.1, -0.05) is 104 Å². The third kappa shape index (κ3) is 28.3. The number of carbonyl (C=O) groups is 2. The van der Waals surface area contributed by atoms with Gasteiger partial charge in [0.1, 0.15) is 11.5 Å². The van der Waals surface area contributed by atoms with Gasteiger partial charge in [0.15, 0.2) is 13.1 Å². The molecule has 0 unspecified atom stereocenters. The van der Waals surface area contributed by atoms with Crippen LogP contribution in [0.3, 0.4) is 0 Å². The molecule has 2 aromatic carbocycles. The van der Waals surface area contributed by atoms with Crippen molar-refractivity contribution in [2.24, 2.45) is 0 Å². The number of rotatable bonds is 33. The molecule has 0 aliphatic rings. The van der Waals surface area contributed by atoms with E-state index in [4.69, 9.17) is 9.47 Å². The fourth-order valence-electron chi connectivity index (χ4n) is 6.89. The molecule has 2 N–H and O–H groups in total. The topological polar surface area (TPSA) is 76.7 Å². The van der Waals surface area contributed by atoms with Crippen molar-refractivity contribution >= 4 is 23.2 Å². The van der Waals surface area contributed by atoms with Crippen LogP contribution in [0.2, 0.25) is 0 Å². The Morgan fingerprint density at radius 1 is 0.446 bits per heavy atom. The van der Waals surface area contributed by atoms with Crippen molar-refractivity contribution in [3.63, 3.8) is 0 Å². The Hall–Kier alpha value is -2.14. The molecule has 0 fully saturated rings. The van der Waals surface area contributed by atoms with E-state index in [1.165, 1.54) is 89.9 Å². The van der Waals surface area contributed by atoms with E-state index in [0.29, 0.717) is 22.1 Å². The SMILES string of the molecule is CCCCCCCCCCOc1ccc(NC(=O)C[N+](C)(C)CCCCCC[N+](C)(C)CC(=O)Nc2ccc(OCCCCCCCCCC)cc2)cc1.[Br-].[Br-]. The summed E-state index contributed by atoms with van der Waals surface area (Å²) in [5, 5.41) is 6.12. The van der Waals surface area contributed by atoms with Crippen LogP contribution in [0.1, 0.15) is 142 Å². The summed E-state index contributed by atoms with van der Waals surface area (Å²) in [6.45, 7) is 8.76. The van der Waals surface area contributed by atoms with E-state index in [2.05, 4.69) is 52.7 Å². The number of anilines is 2. The van der Waals surface area contributed by atoms with Crippen molar-refractivity contribution in [3.8, 4) is 11.5 Å². The molecule has 2 aromatic rings. The van der Waals surface area contributed by atoms with Crippen LogP contribution in [0.4, 0.5) is 11.4 Å². The van der Waals surface area contributed by atoms with Crippen molar-refractivity contribution in [3.05, 3.63) is 48.5 Å². The minimum absolute atomic E-state index is 0. The van der Waals surface area contributed by atoms with Gasteiger partial charge in [-0.25, -0.2) is 0 Å². The Morgan fingerprint density at radius 3 is 1.05 bits per heavy atom. The Kier molecular flexibility index (Phi) is 31.5. The van der Waals surface area contributed by atoms with Crippen LogP contribution in [0.5, 0.6) is 11.5 Å². The van der Waals surface area contributed by atoms with E-state index in [-0.39, 0.29) is 45.8 Å². The Bertz CT molecular complexity index is 1160. The summed E-state index contributed by atoms with van der Waals surface area (Å²) in [4.78, 5) is 25.7. The molecule has 0 saturated carbocycles. The summed E-state index contributed by atoms with van der Waals surface area (Å²) in [6, 6.07) is 15.5. The lowest BCUT2D eigenvalue weighted by Gasteiger charge is -2.30. The number of nitrogens with one attached hydrogen (secondary N) is 2. The van der Waals surface area contributed by atoms with Gasteiger partial charge >= 0.3 is 0 Å². The van der Waals surface area contributed by atoms with Crippen LogP contribution in [0.25, 0.3) is 0 Å². The first-order valence-corrected chi connectivity index (χ1v) is 21.7. The predicted octanol–water partition coefficient (Wildman–Crippen LogP) is 5.02. The zero-order chi connectivity index (χ0) is 39.3. The summed E-state index contributed by atoms with van der Waals surface area (Å²) in [5.74, 6) is 1.77. The number of carbonyl (C=O) groups excluding carboxylic acids is 2. The number of hydrogen-bond acceptors (Lipinski definition) is 4. The van der Waals surface area contributed by atoms with Gasteiger partial charge in [0.05, 0.1) is 54.5 Å². The third-order valence-electron chi connectivity index (χ3n) is 10.2. The molecule has 0 radical (unpaired) electrons. The molecule has 322 valence electrons. The smallest absolute Gasteiger partial charge is 0.279 e. The highest BCUT2D eigenvalue weighted by atomic mass is 79.9. The van der Waals surface area contributed by atoms with Crippen LogP contribution >= 0.6 is 0 Å². The van der Waals surface area contributed by atoms with Crippen LogP contribution < -0.4 is 54.1 Å². The van der Waals surface area contributed by atoms with Gasteiger partial charge in [-0.3, -0.25) is 9.59 Å². The molecular formula is C46H80Br2N4O4. The highest BCUT2D eigenvalue weighted by molar-refractivity contribution is 5.92. The second-order valence-electron chi connectivity index (χ2n) is 16.8. The van der Waals surface area contributed by atoms with Gasteiger partial charge in [0.25, 0.3) is 11.8 Å². The van der Waals surface area contributed by atoms with Gasteiger partial charge in [-0.05, 0) is 87.1 Å². The van der Waals surface area contributed by atoms with Crippen molar-refractivity contribution in [2.75, 3.05) is 78.2 Å². The minimum atomic E-state index is 0. The number of benzene rings is 2. The molecule has 56 heavy (non-hydrogen) atoms. The quantitative estimate of drug-likeness (QED) is 0.0780. The lowest BCUT2D eigenvalue weighted by Crippen LogP contribution is -3.00. The lowest BCUT2D eigenvalue weighted by molar-refractivity contribution is -0.883. The van der Waals surface area contributed by atoms with Gasteiger partial charge in [0.2, 0.25) is 0 Å². The molecule has 8 nitrogen and oxygen atoms in total. The van der Waals surface area contributed by atoms with E-state index in [1.54, 1.807) is 0 Å². The maximum atomic E-state index is 12.8. The fourth-order valence-corrected chi connectivity index (χ4v) is 6.89. The van der Waals surface area contributed by atoms with E-state index in [0.717, 1.165) is 87.7 Å². The molecule has 0 aliphatic heterocycles. The van der Waals surface area contributed by atoms with E-state index < -0.39 is 0 Å². The molecule has 10 heteroatoms. The number of amides is 2. The molecule has 2 rings (SSSR count). The molecule has 0 spiro atoms. The molecule has 0 saturated heterocycles. The highest BCUT2D eigenvalue weighted by Gasteiger charge is 2.22. The first kappa shape index (κ1) is 53.9. The lowest BCUT2D eigenvalue weighted by atomic mass is 10.1. The number of quaternary nitrogens is 2. The standard InChI is InChI=1S/C46H78N4O4.2BrH/c1-7-9-11-13-15-17-21-25-37-53-43-31-27-41(28-32-43)47-45(51)39-49(3,4)35-23-19-20-24-36-50(5,6)40-46(52)48-42-29-33-44(34-30-42)54-38-26-22-18-16-14-12-10-8-2;;/h27-34H,7-26,35-40H2,1-6H3;2*1H. The van der Waals surface area contributed by atoms with Crippen LogP contribution in [0, 0.1) is 0 Å². The zero-order valence-corrected chi connectivity index (χ0v) is 39.5. The average Bonchev–Trinajstić information content (AvgIpc) is 3.12. The number of hydrogen-bond donors (Lipinski definition) is 2. The first-order chi connectivity index (χ1) is 26.0. The summed E-state index contributed by atoms with van der Waals surface area (Å²) in [7, 11) is 8.50. The Labute approximate surface area is 364 Å². The maximum Gasteiger partial charge on any atom is 0.279 e. The fraction of sp³-hybridized carbons (Fsp3) is 0.696. The van der Waals surface area contributed by atoms with Gasteiger partial charge < -0.3 is 63.0 Å². The average molecular weight is 913 g/mol. The van der Waals surface area contributed by atoms with E-state index in [9.17, 15) is 9.59 Å². The van der Waals surface area contributed by atoms with Crippen LogP contribution in [0.15, 0.2) is 48.5 Å². The summed E-state index contributed by atoms with van der Waals surface area (Å²) >= 11 is 0. The maximum absolute atomic E-state index is 12.8. The monoisotopic (exact) mass is 910 g/mol. The van der Waals surface area contributed by atoms with Crippen LogP contribution in [-0.2, 0) is 9.59 Å². The van der Waals surface area contributed by atoms with Gasteiger partial charge in [0, 0.05) is 11.4 Å². The summed E-state index contributed by atoms with van der Waals surface area (Å²) in [6.07, 6.45) is 25.0. The molecule has 0 atom stereocenters.